The SMILES string of the molecule is C=CCNCC(=O)Nc1cccc(Cl)c1-n1ccnc1. The van der Waals surface area contributed by atoms with Crippen LogP contribution in [0.15, 0.2) is 49.6 Å². The fourth-order valence-corrected chi connectivity index (χ4v) is 2.02. The van der Waals surface area contributed by atoms with Crippen LogP contribution in [0.2, 0.25) is 5.02 Å². The topological polar surface area (TPSA) is 59.0 Å². The predicted molar refractivity (Wildman–Crippen MR) is 80.3 cm³/mol. The summed E-state index contributed by atoms with van der Waals surface area (Å²) in [7, 11) is 0. The Labute approximate surface area is 122 Å². The van der Waals surface area contributed by atoms with Crippen LogP contribution in [-0.4, -0.2) is 28.5 Å². The van der Waals surface area contributed by atoms with E-state index in [0.29, 0.717) is 22.9 Å². The highest BCUT2D eigenvalue weighted by atomic mass is 35.5. The van der Waals surface area contributed by atoms with Gasteiger partial charge < -0.3 is 15.2 Å². The van der Waals surface area contributed by atoms with Crippen molar-refractivity contribution in [3.8, 4) is 5.69 Å². The smallest absolute Gasteiger partial charge is 0.238 e. The molecule has 0 spiro atoms. The number of carbonyl (C=O) groups excluding carboxylic acids is 1. The molecule has 0 fully saturated rings. The lowest BCUT2D eigenvalue weighted by Gasteiger charge is -2.13. The van der Waals surface area contributed by atoms with Gasteiger partial charge in [0.15, 0.2) is 0 Å². The zero-order chi connectivity index (χ0) is 14.4. The van der Waals surface area contributed by atoms with Gasteiger partial charge in [0, 0.05) is 18.9 Å². The molecule has 20 heavy (non-hydrogen) atoms. The minimum atomic E-state index is -0.143. The first-order valence-electron chi connectivity index (χ1n) is 6.10. The lowest BCUT2D eigenvalue weighted by molar-refractivity contribution is -0.115. The second-order valence-corrected chi connectivity index (χ2v) is 4.48. The maximum absolute atomic E-state index is 11.8. The molecule has 0 aliphatic rings. The van der Waals surface area contributed by atoms with E-state index in [1.807, 2.05) is 0 Å². The van der Waals surface area contributed by atoms with Crippen LogP contribution in [-0.2, 0) is 4.79 Å². The molecule has 0 aliphatic heterocycles. The van der Waals surface area contributed by atoms with Gasteiger partial charge in [0.25, 0.3) is 0 Å². The van der Waals surface area contributed by atoms with Crippen LogP contribution in [0.4, 0.5) is 5.69 Å². The molecule has 0 unspecified atom stereocenters. The number of imidazole rings is 1. The number of para-hydroxylation sites is 1. The van der Waals surface area contributed by atoms with Crippen LogP contribution < -0.4 is 10.6 Å². The first-order chi connectivity index (χ1) is 9.72. The Kier molecular flexibility index (Phi) is 4.92. The van der Waals surface area contributed by atoms with E-state index < -0.39 is 0 Å². The minimum Gasteiger partial charge on any atom is -0.323 e. The van der Waals surface area contributed by atoms with Crippen molar-refractivity contribution in [1.82, 2.24) is 14.9 Å². The quantitative estimate of drug-likeness (QED) is 0.634. The molecule has 6 heteroatoms. The van der Waals surface area contributed by atoms with Crippen molar-refractivity contribution in [3.63, 3.8) is 0 Å². The van der Waals surface area contributed by atoms with Gasteiger partial charge in [-0.2, -0.15) is 0 Å². The maximum atomic E-state index is 11.8. The molecule has 1 aromatic carbocycles. The number of nitrogens with one attached hydrogen (secondary N) is 2. The van der Waals surface area contributed by atoms with Crippen LogP contribution in [0.5, 0.6) is 0 Å². The summed E-state index contributed by atoms with van der Waals surface area (Å²) >= 11 is 6.20. The molecule has 0 saturated carbocycles. The Bertz CT molecular complexity index is 595. The van der Waals surface area contributed by atoms with Crippen molar-refractivity contribution in [3.05, 3.63) is 54.6 Å². The Balaban J connectivity index is 2.18. The summed E-state index contributed by atoms with van der Waals surface area (Å²) in [5, 5.41) is 6.31. The van der Waals surface area contributed by atoms with Crippen LogP contribution in [0.3, 0.4) is 0 Å². The number of nitrogens with zero attached hydrogens (tertiary/aromatic N) is 2. The molecule has 0 atom stereocenters. The fourth-order valence-electron chi connectivity index (χ4n) is 1.75. The van der Waals surface area contributed by atoms with Crippen LogP contribution in [0.25, 0.3) is 5.69 Å². The van der Waals surface area contributed by atoms with Gasteiger partial charge in [0.2, 0.25) is 5.91 Å². The van der Waals surface area contributed by atoms with Crippen molar-refractivity contribution in [2.75, 3.05) is 18.4 Å². The standard InChI is InChI=1S/C14H15ClN4O/c1-2-6-16-9-13(20)18-12-5-3-4-11(15)14(12)19-8-7-17-10-19/h2-5,7-8,10,16H,1,6,9H2,(H,18,20). The van der Waals surface area contributed by atoms with E-state index in [0.717, 1.165) is 0 Å². The summed E-state index contributed by atoms with van der Waals surface area (Å²) < 4.78 is 1.76. The molecule has 0 bridgehead atoms. The molecule has 1 amide bonds. The first-order valence-corrected chi connectivity index (χ1v) is 6.48. The van der Waals surface area contributed by atoms with Crippen molar-refractivity contribution in [2.24, 2.45) is 0 Å². The van der Waals surface area contributed by atoms with Gasteiger partial charge in [-0.05, 0) is 12.1 Å². The molecule has 0 saturated heterocycles. The number of aromatic nitrogens is 2. The number of hydrogen-bond acceptors (Lipinski definition) is 3. The second-order valence-electron chi connectivity index (χ2n) is 4.07. The van der Waals surface area contributed by atoms with Gasteiger partial charge in [-0.3, -0.25) is 4.79 Å². The van der Waals surface area contributed by atoms with Gasteiger partial charge in [-0.25, -0.2) is 4.98 Å². The molecular formula is C14H15ClN4O. The number of amides is 1. The van der Waals surface area contributed by atoms with E-state index in [1.165, 1.54) is 0 Å². The predicted octanol–water partition coefficient (Wildman–Crippen LogP) is 2.24. The summed E-state index contributed by atoms with van der Waals surface area (Å²) in [6, 6.07) is 5.35. The van der Waals surface area contributed by atoms with E-state index in [2.05, 4.69) is 22.2 Å². The third-order valence-electron chi connectivity index (χ3n) is 2.60. The summed E-state index contributed by atoms with van der Waals surface area (Å²) in [4.78, 5) is 15.8. The van der Waals surface area contributed by atoms with Gasteiger partial charge in [0.1, 0.15) is 0 Å². The Morgan fingerprint density at radius 2 is 2.35 bits per heavy atom. The van der Waals surface area contributed by atoms with E-state index in [9.17, 15) is 4.79 Å². The summed E-state index contributed by atoms with van der Waals surface area (Å²) in [5.74, 6) is -0.143. The largest absolute Gasteiger partial charge is 0.323 e. The highest BCUT2D eigenvalue weighted by molar-refractivity contribution is 6.33. The summed E-state index contributed by atoms with van der Waals surface area (Å²) in [6.07, 6.45) is 6.75. The molecular weight excluding hydrogens is 276 g/mol. The number of halogens is 1. The normalized spacial score (nSPS) is 10.2. The molecule has 2 aromatic rings. The van der Waals surface area contributed by atoms with Crippen LogP contribution in [0.1, 0.15) is 0 Å². The monoisotopic (exact) mass is 290 g/mol. The van der Waals surface area contributed by atoms with E-state index in [4.69, 9.17) is 11.6 Å². The highest BCUT2D eigenvalue weighted by Crippen LogP contribution is 2.28. The molecule has 1 heterocycles. The lowest BCUT2D eigenvalue weighted by atomic mass is 10.2. The Hall–Kier alpha value is -2.11. The van der Waals surface area contributed by atoms with Crippen LogP contribution in [0, 0.1) is 0 Å². The van der Waals surface area contributed by atoms with Gasteiger partial charge >= 0.3 is 0 Å². The third kappa shape index (κ3) is 3.46. The van der Waals surface area contributed by atoms with E-state index >= 15 is 0 Å². The number of rotatable bonds is 6. The van der Waals surface area contributed by atoms with E-state index in [-0.39, 0.29) is 12.5 Å². The Morgan fingerprint density at radius 3 is 3.05 bits per heavy atom. The van der Waals surface area contributed by atoms with Crippen molar-refractivity contribution in [1.29, 1.82) is 0 Å². The van der Waals surface area contributed by atoms with Crippen LogP contribution >= 0.6 is 11.6 Å². The summed E-state index contributed by atoms with van der Waals surface area (Å²) in [5.41, 5.74) is 1.34. The summed E-state index contributed by atoms with van der Waals surface area (Å²) in [6.45, 7) is 4.37. The average molecular weight is 291 g/mol. The van der Waals surface area contributed by atoms with E-state index in [1.54, 1.807) is 47.6 Å². The molecule has 5 nitrogen and oxygen atoms in total. The fraction of sp³-hybridized carbons (Fsp3) is 0.143. The Morgan fingerprint density at radius 1 is 1.50 bits per heavy atom. The molecule has 0 aliphatic carbocycles. The number of carbonyl (C=O) groups is 1. The van der Waals surface area contributed by atoms with Gasteiger partial charge in [-0.1, -0.05) is 23.7 Å². The first kappa shape index (κ1) is 14.3. The maximum Gasteiger partial charge on any atom is 0.238 e. The molecule has 1 aromatic heterocycles. The zero-order valence-electron chi connectivity index (χ0n) is 10.8. The third-order valence-corrected chi connectivity index (χ3v) is 2.90. The second kappa shape index (κ2) is 6.88. The molecule has 0 radical (unpaired) electrons. The molecule has 2 rings (SSSR count). The van der Waals surface area contributed by atoms with Gasteiger partial charge in [0.05, 0.1) is 29.3 Å². The zero-order valence-corrected chi connectivity index (χ0v) is 11.6. The number of hydrogen-bond donors (Lipinski definition) is 2. The average Bonchev–Trinajstić information content (AvgIpc) is 2.93. The minimum absolute atomic E-state index is 0.143. The van der Waals surface area contributed by atoms with Crippen molar-refractivity contribution < 1.29 is 4.79 Å². The number of anilines is 1. The van der Waals surface area contributed by atoms with Crippen molar-refractivity contribution >= 4 is 23.2 Å². The lowest BCUT2D eigenvalue weighted by Crippen LogP contribution is -2.28. The highest BCUT2D eigenvalue weighted by Gasteiger charge is 2.11. The van der Waals surface area contributed by atoms with Gasteiger partial charge in [-0.15, -0.1) is 6.58 Å². The van der Waals surface area contributed by atoms with Crippen molar-refractivity contribution in [2.45, 2.75) is 0 Å². The molecule has 104 valence electrons. The number of benzene rings is 1. The molecule has 2 N–H and O–H groups in total.